The van der Waals surface area contributed by atoms with Gasteiger partial charge in [-0.2, -0.15) is 0 Å². The monoisotopic (exact) mass is 401 g/mol. The second-order valence-corrected chi connectivity index (χ2v) is 8.06. The third-order valence-corrected chi connectivity index (χ3v) is 5.58. The van der Waals surface area contributed by atoms with Crippen molar-refractivity contribution in [3.05, 3.63) is 35.9 Å². The van der Waals surface area contributed by atoms with Crippen LogP contribution in [0.5, 0.6) is 0 Å². The van der Waals surface area contributed by atoms with Crippen LogP contribution in [-0.2, 0) is 19.2 Å². The van der Waals surface area contributed by atoms with Gasteiger partial charge in [0.05, 0.1) is 6.04 Å². The van der Waals surface area contributed by atoms with Crippen molar-refractivity contribution < 1.29 is 19.2 Å². The van der Waals surface area contributed by atoms with Crippen LogP contribution in [0, 0.1) is 17.8 Å². The first-order valence-electron chi connectivity index (χ1n) is 10.2. The van der Waals surface area contributed by atoms with Gasteiger partial charge >= 0.3 is 0 Å². The van der Waals surface area contributed by atoms with Gasteiger partial charge in [-0.15, -0.1) is 0 Å². The Labute approximate surface area is 171 Å². The number of hydrogen-bond acceptors (Lipinski definition) is 5. The highest BCUT2D eigenvalue weighted by Gasteiger charge is 2.40. The molecule has 0 bridgehead atoms. The molecular formula is C22H31N3O4. The number of amides is 3. The fourth-order valence-electron chi connectivity index (χ4n) is 4.06. The average molecular weight is 402 g/mol. The van der Waals surface area contributed by atoms with E-state index in [2.05, 4.69) is 10.6 Å². The van der Waals surface area contributed by atoms with Gasteiger partial charge in [0.15, 0.2) is 5.78 Å². The lowest BCUT2D eigenvalue weighted by Crippen LogP contribution is -2.52. The first kappa shape index (κ1) is 22.7. The topological polar surface area (TPSA) is 118 Å². The quantitative estimate of drug-likeness (QED) is 0.408. The zero-order valence-electron chi connectivity index (χ0n) is 17.1. The van der Waals surface area contributed by atoms with Gasteiger partial charge < -0.3 is 11.1 Å². The first-order valence-corrected chi connectivity index (χ1v) is 10.2. The van der Waals surface area contributed by atoms with Gasteiger partial charge in [0, 0.05) is 12.5 Å². The van der Waals surface area contributed by atoms with E-state index in [1.165, 1.54) is 0 Å². The van der Waals surface area contributed by atoms with E-state index in [4.69, 9.17) is 5.73 Å². The van der Waals surface area contributed by atoms with Crippen molar-refractivity contribution in [1.29, 1.82) is 0 Å². The molecule has 0 spiro atoms. The van der Waals surface area contributed by atoms with Crippen molar-refractivity contribution >= 4 is 24.0 Å². The first-order chi connectivity index (χ1) is 13.8. The highest BCUT2D eigenvalue weighted by Crippen LogP contribution is 2.30. The molecule has 1 saturated carbocycles. The molecule has 7 heteroatoms. The van der Waals surface area contributed by atoms with Crippen LogP contribution in [0.1, 0.15) is 57.6 Å². The Morgan fingerprint density at radius 2 is 1.76 bits per heavy atom. The van der Waals surface area contributed by atoms with Crippen LogP contribution in [0.4, 0.5) is 0 Å². The van der Waals surface area contributed by atoms with Crippen LogP contribution >= 0.6 is 0 Å². The second-order valence-electron chi connectivity index (χ2n) is 8.06. The number of rotatable bonds is 10. The standard InChI is InChI=1S/C22H31N3O4/c1-14(2)19(22(29)24-13-26)21(28)20(16-10-6-7-11-16)25-18(27)12-17(23)15-8-4-3-5-9-15/h3-5,8-9,13-14,16-17,19-20H,6-7,10-12,23H2,1-2H3,(H,25,27)(H,24,26,29)/t17-,19+,20-/m0/s1. The SMILES string of the molecule is CC(C)[C@@H](C(=O)NC=O)C(=O)[C@@H](NC(=O)C[C@H](N)c1ccccc1)C1CCCC1. The summed E-state index contributed by atoms with van der Waals surface area (Å²) in [4.78, 5) is 48.9. The van der Waals surface area contributed by atoms with Crippen LogP contribution in [0.25, 0.3) is 0 Å². The highest BCUT2D eigenvalue weighted by atomic mass is 16.2. The normalized spacial score (nSPS) is 17.4. The molecular weight excluding hydrogens is 370 g/mol. The number of carbonyl (C=O) groups excluding carboxylic acids is 4. The Kier molecular flexibility index (Phi) is 8.51. The van der Waals surface area contributed by atoms with Gasteiger partial charge in [-0.3, -0.25) is 24.5 Å². The third-order valence-electron chi connectivity index (χ3n) is 5.58. The predicted octanol–water partition coefficient (Wildman–Crippen LogP) is 1.87. The van der Waals surface area contributed by atoms with Crippen LogP contribution in [-0.4, -0.2) is 30.0 Å². The summed E-state index contributed by atoms with van der Waals surface area (Å²) in [6.07, 6.45) is 3.95. The van der Waals surface area contributed by atoms with E-state index >= 15 is 0 Å². The van der Waals surface area contributed by atoms with Crippen molar-refractivity contribution in [2.75, 3.05) is 0 Å². The largest absolute Gasteiger partial charge is 0.346 e. The molecule has 0 aromatic heterocycles. The van der Waals surface area contributed by atoms with Crippen LogP contribution in [0.2, 0.25) is 0 Å². The Bertz CT molecular complexity index is 714. The minimum atomic E-state index is -0.992. The molecule has 1 aliphatic carbocycles. The van der Waals surface area contributed by atoms with Gasteiger partial charge in [-0.05, 0) is 30.2 Å². The summed E-state index contributed by atoms with van der Waals surface area (Å²) in [5.74, 6) is -2.58. The van der Waals surface area contributed by atoms with Gasteiger partial charge in [-0.25, -0.2) is 0 Å². The van der Waals surface area contributed by atoms with Crippen molar-refractivity contribution in [3.8, 4) is 0 Å². The summed E-state index contributed by atoms with van der Waals surface area (Å²) in [5.41, 5.74) is 6.99. The molecule has 1 aromatic carbocycles. The summed E-state index contributed by atoms with van der Waals surface area (Å²) in [7, 11) is 0. The molecule has 158 valence electrons. The van der Waals surface area contributed by atoms with Crippen molar-refractivity contribution in [1.82, 2.24) is 10.6 Å². The maximum absolute atomic E-state index is 13.3. The maximum Gasteiger partial charge on any atom is 0.237 e. The Balaban J connectivity index is 2.14. The van der Waals surface area contributed by atoms with Crippen LogP contribution < -0.4 is 16.4 Å². The lowest BCUT2D eigenvalue weighted by Gasteiger charge is -2.29. The summed E-state index contributed by atoms with van der Waals surface area (Å²) < 4.78 is 0. The van der Waals surface area contributed by atoms with Crippen LogP contribution in [0.15, 0.2) is 30.3 Å². The van der Waals surface area contributed by atoms with Gasteiger partial charge in [0.25, 0.3) is 0 Å². The van der Waals surface area contributed by atoms with E-state index in [9.17, 15) is 19.2 Å². The number of nitrogens with two attached hydrogens (primary N) is 1. The molecule has 1 fully saturated rings. The van der Waals surface area contributed by atoms with E-state index < -0.39 is 23.9 Å². The second kappa shape index (κ2) is 10.9. The zero-order valence-corrected chi connectivity index (χ0v) is 17.1. The molecule has 1 aromatic rings. The Hall–Kier alpha value is -2.54. The molecule has 0 radical (unpaired) electrons. The summed E-state index contributed by atoms with van der Waals surface area (Å²) >= 11 is 0. The predicted molar refractivity (Wildman–Crippen MR) is 109 cm³/mol. The Morgan fingerprint density at radius 3 is 2.31 bits per heavy atom. The highest BCUT2D eigenvalue weighted by molar-refractivity contribution is 6.07. The summed E-state index contributed by atoms with van der Waals surface area (Å²) in [6.45, 7) is 3.51. The molecule has 0 heterocycles. The fraction of sp³-hybridized carbons (Fsp3) is 0.545. The molecule has 1 aliphatic rings. The molecule has 0 saturated heterocycles. The van der Waals surface area contributed by atoms with E-state index in [0.29, 0.717) is 0 Å². The summed E-state index contributed by atoms with van der Waals surface area (Å²) in [5, 5.41) is 4.94. The van der Waals surface area contributed by atoms with E-state index in [-0.39, 0.29) is 36.4 Å². The van der Waals surface area contributed by atoms with Crippen molar-refractivity contribution in [3.63, 3.8) is 0 Å². The number of benzene rings is 1. The number of carbonyl (C=O) groups is 4. The molecule has 3 amide bonds. The van der Waals surface area contributed by atoms with Gasteiger partial charge in [0.1, 0.15) is 5.92 Å². The molecule has 29 heavy (non-hydrogen) atoms. The van der Waals surface area contributed by atoms with Crippen LogP contribution in [0.3, 0.4) is 0 Å². The minimum Gasteiger partial charge on any atom is -0.346 e. The molecule has 2 rings (SSSR count). The van der Waals surface area contributed by atoms with Gasteiger partial charge in [-0.1, -0.05) is 57.0 Å². The molecule has 0 aliphatic heterocycles. The lowest BCUT2D eigenvalue weighted by molar-refractivity contribution is -0.140. The molecule has 3 atom stereocenters. The number of imide groups is 1. The lowest BCUT2D eigenvalue weighted by atomic mass is 9.82. The van der Waals surface area contributed by atoms with E-state index in [0.717, 1.165) is 31.2 Å². The minimum absolute atomic E-state index is 0.00955. The zero-order chi connectivity index (χ0) is 21.4. The summed E-state index contributed by atoms with van der Waals surface area (Å²) in [6, 6.07) is 8.08. The average Bonchev–Trinajstić information content (AvgIpc) is 3.21. The smallest absolute Gasteiger partial charge is 0.237 e. The molecule has 4 N–H and O–H groups in total. The fourth-order valence-corrected chi connectivity index (χ4v) is 4.06. The molecule has 0 unspecified atom stereocenters. The third kappa shape index (κ3) is 6.22. The maximum atomic E-state index is 13.3. The Morgan fingerprint density at radius 1 is 1.14 bits per heavy atom. The molecule has 7 nitrogen and oxygen atoms in total. The van der Waals surface area contributed by atoms with E-state index in [1.54, 1.807) is 13.8 Å². The van der Waals surface area contributed by atoms with E-state index in [1.807, 2.05) is 30.3 Å². The van der Waals surface area contributed by atoms with Crippen molar-refractivity contribution in [2.24, 2.45) is 23.5 Å². The number of ketones is 1. The number of Topliss-reactive ketones (excluding diaryl/α,β-unsaturated/α-hetero) is 1. The van der Waals surface area contributed by atoms with Crippen molar-refractivity contribution in [2.45, 2.75) is 58.0 Å². The number of nitrogens with one attached hydrogen (secondary N) is 2. The van der Waals surface area contributed by atoms with Gasteiger partial charge in [0.2, 0.25) is 18.2 Å². The number of hydrogen-bond donors (Lipinski definition) is 3.